The number of hydrogen-bond acceptors (Lipinski definition) is 7. The van der Waals surface area contributed by atoms with Crippen LogP contribution in [0.3, 0.4) is 0 Å². The van der Waals surface area contributed by atoms with Crippen LogP contribution in [0.25, 0.3) is 0 Å². The Morgan fingerprint density at radius 1 is 0.967 bits per heavy atom. The molecule has 3 N–H and O–H groups in total. The second-order valence-corrected chi connectivity index (χ2v) is 15.5. The summed E-state index contributed by atoms with van der Waals surface area (Å²) in [5.74, 6) is 0.134. The second kappa shape index (κ2) is 7.78. The van der Waals surface area contributed by atoms with E-state index < -0.39 is 49.4 Å². The quantitative estimate of drug-likeness (QED) is 0.463. The molecule has 8 nitrogen and oxygen atoms in total. The SMILES string of the molecule is Nc1ccn([C@@H]2O[C@H](CO)[C@H]3[O][Sn]([c]4ccccc4)([c]4ccccc4)[O][C@H]32)c(=O)n1. The van der Waals surface area contributed by atoms with Gasteiger partial charge in [-0.25, -0.2) is 0 Å². The number of nitrogens with zero attached hydrogens (tertiary/aromatic N) is 2. The molecule has 0 radical (unpaired) electrons. The van der Waals surface area contributed by atoms with Crippen LogP contribution in [0.2, 0.25) is 0 Å². The summed E-state index contributed by atoms with van der Waals surface area (Å²) in [4.78, 5) is 16.3. The zero-order valence-corrected chi connectivity index (χ0v) is 18.9. The Hall–Kier alpha value is -2.24. The van der Waals surface area contributed by atoms with Gasteiger partial charge in [-0.15, -0.1) is 0 Å². The zero-order valence-electron chi connectivity index (χ0n) is 16.0. The Morgan fingerprint density at radius 3 is 2.13 bits per heavy atom. The van der Waals surface area contributed by atoms with E-state index in [2.05, 4.69) is 4.98 Å². The van der Waals surface area contributed by atoms with Gasteiger partial charge in [0, 0.05) is 0 Å². The number of rotatable bonds is 4. The first-order valence-corrected chi connectivity index (χ1v) is 14.9. The van der Waals surface area contributed by atoms with E-state index in [-0.39, 0.29) is 12.4 Å². The summed E-state index contributed by atoms with van der Waals surface area (Å²) >= 11 is -4.06. The summed E-state index contributed by atoms with van der Waals surface area (Å²) < 4.78 is 22.8. The van der Waals surface area contributed by atoms with E-state index in [4.69, 9.17) is 16.6 Å². The van der Waals surface area contributed by atoms with Crippen molar-refractivity contribution in [3.05, 3.63) is 83.4 Å². The third-order valence-electron chi connectivity index (χ3n) is 5.50. The molecule has 2 aliphatic rings. The normalized spacial score (nSPS) is 27.1. The standard InChI is InChI=1S/C9H11N3O5.2C6H5.Sn/c10-5-1-2-12(9(16)11-5)8-7(15)6(14)4(3-13)17-8;2*1-2-4-6-5-3-1;/h1-2,4,6-8,13H,3H2,(H2,10,11,16);2*1-5H;/q-2;;;+2/t4-,6-,7-,8-;;;/m1.../s1. The minimum atomic E-state index is -4.06. The van der Waals surface area contributed by atoms with Crippen LogP contribution >= 0.6 is 0 Å². The summed E-state index contributed by atoms with van der Waals surface area (Å²) in [6.45, 7) is -0.246. The molecule has 2 aliphatic heterocycles. The summed E-state index contributed by atoms with van der Waals surface area (Å²) in [6, 6.07) is 21.4. The van der Waals surface area contributed by atoms with E-state index >= 15 is 0 Å². The number of ether oxygens (including phenoxy) is 1. The maximum absolute atomic E-state index is 12.5. The van der Waals surface area contributed by atoms with Crippen molar-refractivity contribution in [3.63, 3.8) is 0 Å². The van der Waals surface area contributed by atoms with Gasteiger partial charge in [0.2, 0.25) is 0 Å². The third-order valence-corrected chi connectivity index (χ3v) is 15.2. The Morgan fingerprint density at radius 2 is 1.57 bits per heavy atom. The van der Waals surface area contributed by atoms with Crippen LogP contribution in [0.5, 0.6) is 0 Å². The molecule has 0 saturated carbocycles. The number of nitrogens with two attached hydrogens (primary N) is 1. The number of aromatic nitrogens is 2. The van der Waals surface area contributed by atoms with Crippen LogP contribution in [0, 0.1) is 0 Å². The molecule has 2 saturated heterocycles. The van der Waals surface area contributed by atoms with Gasteiger partial charge < -0.3 is 0 Å². The van der Waals surface area contributed by atoms with Crippen LogP contribution < -0.4 is 18.6 Å². The number of nitrogen functional groups attached to an aromatic ring is 1. The number of anilines is 1. The second-order valence-electron chi connectivity index (χ2n) is 7.30. The zero-order chi connectivity index (χ0) is 20.7. The average molecular weight is 514 g/mol. The molecule has 0 spiro atoms. The van der Waals surface area contributed by atoms with Crippen molar-refractivity contribution in [2.24, 2.45) is 0 Å². The van der Waals surface area contributed by atoms with Crippen molar-refractivity contribution in [1.29, 1.82) is 0 Å². The molecular formula is C21H21N3O5Sn. The molecule has 0 bridgehead atoms. The Balaban J connectivity index is 1.61. The maximum atomic E-state index is 12.5. The van der Waals surface area contributed by atoms with E-state index in [0.29, 0.717) is 0 Å². The molecule has 5 rings (SSSR count). The Kier molecular flexibility index (Phi) is 5.11. The van der Waals surface area contributed by atoms with E-state index in [1.165, 1.54) is 16.8 Å². The van der Waals surface area contributed by atoms with Gasteiger partial charge >= 0.3 is 178 Å². The van der Waals surface area contributed by atoms with Crippen molar-refractivity contribution in [2.45, 2.75) is 24.5 Å². The predicted molar refractivity (Wildman–Crippen MR) is 112 cm³/mol. The fourth-order valence-corrected chi connectivity index (χ4v) is 14.1. The molecule has 9 heteroatoms. The van der Waals surface area contributed by atoms with Gasteiger partial charge in [0.25, 0.3) is 0 Å². The topological polar surface area (TPSA) is 109 Å². The molecule has 2 aromatic carbocycles. The molecule has 0 aliphatic carbocycles. The van der Waals surface area contributed by atoms with Gasteiger partial charge in [0.1, 0.15) is 0 Å². The summed E-state index contributed by atoms with van der Waals surface area (Å²) in [5.41, 5.74) is 5.10. The van der Waals surface area contributed by atoms with Crippen molar-refractivity contribution in [1.82, 2.24) is 9.55 Å². The number of aliphatic hydroxyl groups excluding tert-OH is 1. The van der Waals surface area contributed by atoms with Crippen LogP contribution in [0.15, 0.2) is 77.7 Å². The first-order chi connectivity index (χ1) is 14.6. The molecule has 3 aromatic rings. The fraction of sp³-hybridized carbons (Fsp3) is 0.238. The van der Waals surface area contributed by atoms with Gasteiger partial charge in [0.05, 0.1) is 0 Å². The molecule has 3 heterocycles. The molecule has 4 atom stereocenters. The molecule has 30 heavy (non-hydrogen) atoms. The van der Waals surface area contributed by atoms with E-state index in [9.17, 15) is 9.90 Å². The third kappa shape index (κ3) is 3.15. The monoisotopic (exact) mass is 515 g/mol. The Bertz CT molecular complexity index is 1060. The predicted octanol–water partition coefficient (Wildman–Crippen LogP) is -0.244. The number of aliphatic hydroxyl groups is 1. The molecule has 2 fully saturated rings. The van der Waals surface area contributed by atoms with Gasteiger partial charge in [-0.2, -0.15) is 0 Å². The molecule has 154 valence electrons. The number of fused-ring (bicyclic) bond motifs is 1. The molecular weight excluding hydrogens is 493 g/mol. The van der Waals surface area contributed by atoms with Crippen molar-refractivity contribution in [3.8, 4) is 0 Å². The molecule has 1 aromatic heterocycles. The summed E-state index contributed by atoms with van der Waals surface area (Å²) in [7, 11) is 0. The first kappa shape index (κ1) is 19.7. The molecule has 0 unspecified atom stereocenters. The first-order valence-electron chi connectivity index (χ1n) is 9.70. The van der Waals surface area contributed by atoms with Crippen LogP contribution in [-0.4, -0.2) is 58.8 Å². The van der Waals surface area contributed by atoms with Crippen LogP contribution in [0.4, 0.5) is 5.82 Å². The van der Waals surface area contributed by atoms with Crippen LogP contribution in [0.1, 0.15) is 6.23 Å². The van der Waals surface area contributed by atoms with Gasteiger partial charge in [-0.05, 0) is 0 Å². The van der Waals surface area contributed by atoms with E-state index in [1.807, 2.05) is 60.7 Å². The average Bonchev–Trinajstić information content (AvgIpc) is 3.32. The van der Waals surface area contributed by atoms with Crippen molar-refractivity contribution >= 4 is 32.2 Å². The van der Waals surface area contributed by atoms with Crippen molar-refractivity contribution in [2.75, 3.05) is 12.3 Å². The van der Waals surface area contributed by atoms with E-state index in [0.717, 1.165) is 7.16 Å². The van der Waals surface area contributed by atoms with E-state index in [1.54, 1.807) is 0 Å². The van der Waals surface area contributed by atoms with Crippen molar-refractivity contribution < 1.29 is 16.0 Å². The minimum absolute atomic E-state index is 0.134. The summed E-state index contributed by atoms with van der Waals surface area (Å²) in [5, 5.41) is 9.94. The van der Waals surface area contributed by atoms with Crippen LogP contribution in [-0.2, 0) is 10.9 Å². The molecule has 0 amide bonds. The summed E-state index contributed by atoms with van der Waals surface area (Å²) in [6.07, 6.45) is -0.896. The number of benzene rings is 2. The Labute approximate surface area is 177 Å². The van der Waals surface area contributed by atoms with Gasteiger partial charge in [-0.3, -0.25) is 0 Å². The van der Waals surface area contributed by atoms with Gasteiger partial charge in [0.15, 0.2) is 0 Å². The number of hydrogen-bond donors (Lipinski definition) is 2. The fourth-order valence-electron chi connectivity index (χ4n) is 4.13. The van der Waals surface area contributed by atoms with Gasteiger partial charge in [-0.1, -0.05) is 0 Å².